The van der Waals surface area contributed by atoms with Gasteiger partial charge in [0.15, 0.2) is 5.43 Å². The smallest absolute Gasteiger partial charge is 0.199 e. The van der Waals surface area contributed by atoms with Crippen LogP contribution in [0.15, 0.2) is 41.5 Å². The number of pyridine rings is 1. The second-order valence-electron chi connectivity index (χ2n) is 7.29. The summed E-state index contributed by atoms with van der Waals surface area (Å²) in [5.74, 6) is 0.0910. The highest BCUT2D eigenvalue weighted by Crippen LogP contribution is 2.29. The molecule has 0 saturated carbocycles. The average Bonchev–Trinajstić information content (AvgIpc) is 3.07. The molecule has 0 aliphatic carbocycles. The lowest BCUT2D eigenvalue weighted by atomic mass is 10.1. The Morgan fingerprint density at radius 1 is 1.15 bits per heavy atom. The molecular formula is C21H24N4O2. The van der Waals surface area contributed by atoms with E-state index in [4.69, 9.17) is 0 Å². The molecule has 2 N–H and O–H groups in total. The van der Waals surface area contributed by atoms with Gasteiger partial charge in [0.25, 0.3) is 0 Å². The maximum atomic E-state index is 13.2. The monoisotopic (exact) mass is 364 g/mol. The van der Waals surface area contributed by atoms with Crippen molar-refractivity contribution < 1.29 is 5.11 Å². The molecule has 0 aliphatic rings. The second-order valence-corrected chi connectivity index (χ2v) is 7.29. The quantitative estimate of drug-likeness (QED) is 0.389. The minimum Gasteiger partial charge on any atom is -0.508 e. The molecule has 0 saturated heterocycles. The van der Waals surface area contributed by atoms with Gasteiger partial charge in [0, 0.05) is 12.2 Å². The number of imidazole rings is 1. The minimum absolute atomic E-state index is 0.0744. The lowest BCUT2D eigenvalue weighted by Gasteiger charge is -2.12. The Balaban J connectivity index is 1.70. The molecule has 0 fully saturated rings. The minimum atomic E-state index is -0.0744. The van der Waals surface area contributed by atoms with Crippen molar-refractivity contribution in [2.24, 2.45) is 0 Å². The number of nitrogens with one attached hydrogen (secondary N) is 1. The van der Waals surface area contributed by atoms with Crippen LogP contribution < -0.4 is 10.7 Å². The van der Waals surface area contributed by atoms with Crippen molar-refractivity contribution in [1.29, 1.82) is 0 Å². The van der Waals surface area contributed by atoms with E-state index in [0.29, 0.717) is 10.8 Å². The highest BCUT2D eigenvalue weighted by molar-refractivity contribution is 6.07. The molecule has 27 heavy (non-hydrogen) atoms. The zero-order chi connectivity index (χ0) is 19.0. The fourth-order valence-electron chi connectivity index (χ4n) is 3.67. The van der Waals surface area contributed by atoms with Crippen LogP contribution in [0.25, 0.3) is 27.3 Å². The Morgan fingerprint density at radius 2 is 2.00 bits per heavy atom. The Kier molecular flexibility index (Phi) is 4.58. The zero-order valence-corrected chi connectivity index (χ0v) is 15.7. The largest absolute Gasteiger partial charge is 0.508 e. The summed E-state index contributed by atoms with van der Waals surface area (Å²) in [5.41, 5.74) is 3.14. The number of fused-ring (bicyclic) bond motifs is 2. The Morgan fingerprint density at radius 3 is 2.81 bits per heavy atom. The van der Waals surface area contributed by atoms with Crippen molar-refractivity contribution in [2.45, 2.75) is 19.3 Å². The number of hydrogen-bond acceptors (Lipinski definition) is 5. The van der Waals surface area contributed by atoms with E-state index in [9.17, 15) is 9.90 Å². The molecule has 2 aromatic carbocycles. The van der Waals surface area contributed by atoms with E-state index >= 15 is 0 Å². The van der Waals surface area contributed by atoms with Crippen LogP contribution in [-0.4, -0.2) is 46.6 Å². The summed E-state index contributed by atoms with van der Waals surface area (Å²) < 4.78 is 1.93. The topological polar surface area (TPSA) is 69.9 Å². The molecule has 0 unspecified atom stereocenters. The van der Waals surface area contributed by atoms with Gasteiger partial charge in [-0.15, -0.1) is 0 Å². The third-order valence-electron chi connectivity index (χ3n) is 5.02. The first-order chi connectivity index (χ1) is 13.1. The van der Waals surface area contributed by atoms with Gasteiger partial charge < -0.3 is 15.3 Å². The molecular weight excluding hydrogens is 340 g/mol. The third kappa shape index (κ3) is 3.17. The maximum Gasteiger partial charge on any atom is 0.199 e. The van der Waals surface area contributed by atoms with E-state index in [-0.39, 0.29) is 11.2 Å². The summed E-state index contributed by atoms with van der Waals surface area (Å²) in [7, 11) is 4.17. The van der Waals surface area contributed by atoms with Crippen LogP contribution in [-0.2, 0) is 0 Å². The van der Waals surface area contributed by atoms with Gasteiger partial charge in [-0.3, -0.25) is 9.20 Å². The molecule has 6 nitrogen and oxygen atoms in total. The van der Waals surface area contributed by atoms with Gasteiger partial charge >= 0.3 is 0 Å². The van der Waals surface area contributed by atoms with Gasteiger partial charge in [0.1, 0.15) is 12.1 Å². The van der Waals surface area contributed by atoms with E-state index in [2.05, 4.69) is 29.3 Å². The van der Waals surface area contributed by atoms with E-state index in [1.54, 1.807) is 18.5 Å². The van der Waals surface area contributed by atoms with Crippen molar-refractivity contribution in [2.75, 3.05) is 32.5 Å². The summed E-state index contributed by atoms with van der Waals surface area (Å²) in [4.78, 5) is 19.8. The number of aromatic nitrogens is 2. The molecule has 140 valence electrons. The summed E-state index contributed by atoms with van der Waals surface area (Å²) in [5, 5.41) is 14.4. The van der Waals surface area contributed by atoms with Crippen LogP contribution >= 0.6 is 0 Å². The molecule has 6 heteroatoms. The van der Waals surface area contributed by atoms with Crippen molar-refractivity contribution >= 4 is 33.0 Å². The maximum absolute atomic E-state index is 13.2. The number of anilines is 1. The summed E-state index contributed by atoms with van der Waals surface area (Å²) >= 11 is 0. The summed E-state index contributed by atoms with van der Waals surface area (Å²) in [6, 6.07) is 8.77. The molecule has 0 bridgehead atoms. The molecule has 4 aromatic rings. The lowest BCUT2D eigenvalue weighted by molar-refractivity contribution is 0.393. The van der Waals surface area contributed by atoms with Crippen LogP contribution in [0.4, 0.5) is 5.69 Å². The lowest BCUT2D eigenvalue weighted by Crippen LogP contribution is -2.13. The van der Waals surface area contributed by atoms with Crippen LogP contribution in [0.5, 0.6) is 5.75 Å². The first kappa shape index (κ1) is 17.5. The molecule has 2 heterocycles. The number of aromatic hydroxyl groups is 1. The fraction of sp³-hybridized carbons (Fsp3) is 0.333. The first-order valence-corrected chi connectivity index (χ1v) is 9.33. The SMILES string of the molecule is CN(C)CCCCCNc1ccc2ncn3c4ccc(O)cc4c(=O)c1c23. The van der Waals surface area contributed by atoms with Gasteiger partial charge in [-0.1, -0.05) is 6.42 Å². The molecule has 0 aliphatic heterocycles. The van der Waals surface area contributed by atoms with E-state index in [1.807, 2.05) is 16.5 Å². The average molecular weight is 364 g/mol. The molecule has 0 amide bonds. The highest BCUT2D eigenvalue weighted by Gasteiger charge is 2.16. The van der Waals surface area contributed by atoms with Crippen LogP contribution in [0.1, 0.15) is 19.3 Å². The molecule has 0 radical (unpaired) electrons. The van der Waals surface area contributed by atoms with Gasteiger partial charge in [-0.2, -0.15) is 0 Å². The zero-order valence-electron chi connectivity index (χ0n) is 15.7. The van der Waals surface area contributed by atoms with E-state index < -0.39 is 0 Å². The Bertz CT molecular complexity index is 1150. The van der Waals surface area contributed by atoms with Gasteiger partial charge in [0.2, 0.25) is 0 Å². The second kappa shape index (κ2) is 7.04. The standard InChI is InChI=1S/C21H24N4O2/c1-24(2)11-5-3-4-10-22-16-7-8-17-20-19(16)21(27)15-12-14(26)6-9-18(15)25(20)13-23-17/h6-9,12-13,22,26H,3-5,10-11H2,1-2H3. The summed E-state index contributed by atoms with van der Waals surface area (Å²) in [6.45, 7) is 1.91. The van der Waals surface area contributed by atoms with Crippen molar-refractivity contribution in [3.8, 4) is 5.75 Å². The molecule has 2 aromatic heterocycles. The normalized spacial score (nSPS) is 12.0. The van der Waals surface area contributed by atoms with Crippen LogP contribution in [0, 0.1) is 0 Å². The number of benzene rings is 2. The van der Waals surface area contributed by atoms with Crippen molar-refractivity contribution in [3.63, 3.8) is 0 Å². The molecule has 0 atom stereocenters. The Labute approximate surface area is 157 Å². The van der Waals surface area contributed by atoms with Crippen molar-refractivity contribution in [3.05, 3.63) is 46.9 Å². The summed E-state index contributed by atoms with van der Waals surface area (Å²) in [6.07, 6.45) is 5.10. The van der Waals surface area contributed by atoms with Gasteiger partial charge in [0.05, 0.1) is 27.3 Å². The third-order valence-corrected chi connectivity index (χ3v) is 5.02. The fourth-order valence-corrected chi connectivity index (χ4v) is 3.67. The van der Waals surface area contributed by atoms with Crippen LogP contribution in [0.3, 0.4) is 0 Å². The Hall–Kier alpha value is -2.86. The predicted molar refractivity (Wildman–Crippen MR) is 110 cm³/mol. The number of rotatable bonds is 7. The van der Waals surface area contributed by atoms with Gasteiger partial charge in [-0.25, -0.2) is 4.98 Å². The highest BCUT2D eigenvalue weighted by atomic mass is 16.3. The first-order valence-electron chi connectivity index (χ1n) is 9.33. The number of phenols is 1. The number of phenolic OH excluding ortho intramolecular Hbond substituents is 1. The van der Waals surface area contributed by atoms with E-state index in [0.717, 1.165) is 48.2 Å². The van der Waals surface area contributed by atoms with Gasteiger partial charge in [-0.05, 0) is 63.8 Å². The van der Waals surface area contributed by atoms with Crippen LogP contribution in [0.2, 0.25) is 0 Å². The number of unbranched alkanes of at least 4 members (excludes halogenated alkanes) is 2. The van der Waals surface area contributed by atoms with E-state index in [1.165, 1.54) is 12.5 Å². The predicted octanol–water partition coefficient (Wildman–Crippen LogP) is 3.29. The van der Waals surface area contributed by atoms with Crippen molar-refractivity contribution in [1.82, 2.24) is 14.3 Å². The molecule has 0 spiro atoms. The molecule has 4 rings (SSSR count). The number of nitrogens with zero attached hydrogens (tertiary/aromatic N) is 3. The number of hydrogen-bond donors (Lipinski definition) is 2.